The molecule has 338 valence electrons. The first-order valence-corrected chi connectivity index (χ1v) is 23.4. The smallest absolute Gasteiger partial charge is 0.412 e. The van der Waals surface area contributed by atoms with Gasteiger partial charge in [0.2, 0.25) is 0 Å². The number of nitrogens with zero attached hydrogens (tertiary/aromatic N) is 1. The average Bonchev–Trinajstić information content (AvgIpc) is 3.76. The predicted octanol–water partition coefficient (Wildman–Crippen LogP) is 7.55. The fourth-order valence-corrected chi connectivity index (χ4v) is 10.5. The van der Waals surface area contributed by atoms with Crippen molar-refractivity contribution < 1.29 is 56.0 Å². The van der Waals surface area contributed by atoms with Gasteiger partial charge in [-0.15, -0.1) is 0 Å². The maximum Gasteiger partial charge on any atom is 0.412 e. The summed E-state index contributed by atoms with van der Waals surface area (Å²) in [7, 11) is -2.18. The van der Waals surface area contributed by atoms with Crippen molar-refractivity contribution in [3.8, 4) is 0 Å². The molecule has 10 atom stereocenters. The van der Waals surface area contributed by atoms with Gasteiger partial charge in [-0.2, -0.15) is 0 Å². The van der Waals surface area contributed by atoms with Crippen LogP contribution in [0.3, 0.4) is 0 Å². The number of hydrogen-bond donors (Lipinski definition) is 0. The summed E-state index contributed by atoms with van der Waals surface area (Å²) in [6.45, 7) is 23.6. The second-order valence-corrected chi connectivity index (χ2v) is 21.9. The van der Waals surface area contributed by atoms with E-state index in [0.717, 1.165) is 17.6 Å². The molecular weight excluding hydrogens is 791 g/mol. The van der Waals surface area contributed by atoms with Crippen LogP contribution < -0.4 is 0 Å². The van der Waals surface area contributed by atoms with Crippen molar-refractivity contribution in [1.82, 2.24) is 4.90 Å². The number of hydrogen-bond acceptors (Lipinski definition) is 12. The maximum absolute atomic E-state index is 14.0. The molecule has 1 amide bonds. The molecule has 14 heteroatoms. The zero-order chi connectivity index (χ0) is 44.4. The number of carbonyl (C=O) groups is 3. The Morgan fingerprint density at radius 1 is 0.917 bits per heavy atom. The van der Waals surface area contributed by atoms with Gasteiger partial charge in [0.15, 0.2) is 15.6 Å². The minimum absolute atomic E-state index is 0.0778. The number of carbonyl (C=O) groups excluding carboxylic acids is 3. The normalized spacial score (nSPS) is 31.1. The van der Waals surface area contributed by atoms with Crippen LogP contribution in [0.25, 0.3) is 0 Å². The SMILES string of the molecule is C=C1[C@H](C)C[C@H](CC[C@@H]2O[C@@H](CCCOC(=O)C(C)(C)C)CC2=O)O[C@@H]1C[C@@H]1O[C@H](C[C@H]2CN(C(=O)OC(C)(C)C)C(C)(C)O2)[C@H](OC)[C@H]1CS(=O)(=O)c1ccc(C)cc1. The van der Waals surface area contributed by atoms with E-state index in [0.29, 0.717) is 51.6 Å². The molecule has 5 rings (SSSR count). The lowest BCUT2D eigenvalue weighted by Gasteiger charge is -2.38. The first kappa shape index (κ1) is 48.2. The first-order valence-electron chi connectivity index (χ1n) is 21.7. The van der Waals surface area contributed by atoms with Gasteiger partial charge < -0.3 is 33.2 Å². The van der Waals surface area contributed by atoms with Crippen molar-refractivity contribution in [3.63, 3.8) is 0 Å². The number of sulfone groups is 1. The van der Waals surface area contributed by atoms with Crippen LogP contribution in [0, 0.1) is 24.2 Å². The number of aryl methyl sites for hydroxylation is 1. The fraction of sp³-hybridized carbons (Fsp3) is 0.761. The number of rotatable bonds is 15. The molecule has 4 fully saturated rings. The summed E-state index contributed by atoms with van der Waals surface area (Å²) in [6, 6.07) is 6.86. The van der Waals surface area contributed by atoms with Gasteiger partial charge in [-0.3, -0.25) is 14.5 Å². The summed E-state index contributed by atoms with van der Waals surface area (Å²) in [5, 5.41) is 0. The summed E-state index contributed by atoms with van der Waals surface area (Å²) in [5.41, 5.74) is -0.292. The van der Waals surface area contributed by atoms with Crippen molar-refractivity contribution in [1.29, 1.82) is 0 Å². The topological polar surface area (TPSA) is 153 Å². The molecule has 0 spiro atoms. The molecule has 4 saturated heterocycles. The van der Waals surface area contributed by atoms with E-state index < -0.39 is 75.2 Å². The van der Waals surface area contributed by atoms with Crippen molar-refractivity contribution >= 4 is 27.7 Å². The molecule has 4 heterocycles. The number of amides is 1. The number of methoxy groups -OCH3 is 1. The van der Waals surface area contributed by atoms with E-state index >= 15 is 0 Å². The summed E-state index contributed by atoms with van der Waals surface area (Å²) < 4.78 is 71.4. The zero-order valence-corrected chi connectivity index (χ0v) is 38.6. The van der Waals surface area contributed by atoms with Crippen LogP contribution in [0.1, 0.15) is 119 Å². The van der Waals surface area contributed by atoms with Crippen LogP contribution in [-0.4, -0.2) is 117 Å². The molecule has 0 aliphatic carbocycles. The van der Waals surface area contributed by atoms with Gasteiger partial charge in [-0.25, -0.2) is 13.2 Å². The molecule has 1 aromatic rings. The highest BCUT2D eigenvalue weighted by Gasteiger charge is 2.52. The number of benzene rings is 1. The van der Waals surface area contributed by atoms with Gasteiger partial charge in [0.25, 0.3) is 0 Å². The third kappa shape index (κ3) is 12.4. The second-order valence-electron chi connectivity index (χ2n) is 19.9. The zero-order valence-electron chi connectivity index (χ0n) is 37.8. The number of esters is 1. The second kappa shape index (κ2) is 19.2. The lowest BCUT2D eigenvalue weighted by molar-refractivity contribution is -0.153. The highest BCUT2D eigenvalue weighted by atomic mass is 32.2. The number of Topliss-reactive ketones (excluding diaryl/α,β-unsaturated/α-hetero) is 1. The van der Waals surface area contributed by atoms with Crippen LogP contribution in [0.15, 0.2) is 41.3 Å². The van der Waals surface area contributed by atoms with Gasteiger partial charge in [0.1, 0.15) is 17.4 Å². The maximum atomic E-state index is 14.0. The van der Waals surface area contributed by atoms with Crippen LogP contribution in [0.4, 0.5) is 4.79 Å². The Bertz CT molecular complexity index is 1780. The van der Waals surface area contributed by atoms with Gasteiger partial charge in [0, 0.05) is 32.3 Å². The summed E-state index contributed by atoms with van der Waals surface area (Å²) in [5.74, 6) is -0.795. The quantitative estimate of drug-likeness (QED) is 0.0973. The first-order chi connectivity index (χ1) is 27.9. The highest BCUT2D eigenvalue weighted by Crippen LogP contribution is 2.42. The highest BCUT2D eigenvalue weighted by molar-refractivity contribution is 7.91. The Balaban J connectivity index is 1.26. The fourth-order valence-electron chi connectivity index (χ4n) is 8.84. The summed E-state index contributed by atoms with van der Waals surface area (Å²) in [6.07, 6.45) is 0.328. The predicted molar refractivity (Wildman–Crippen MR) is 226 cm³/mol. The summed E-state index contributed by atoms with van der Waals surface area (Å²) in [4.78, 5) is 40.1. The Kier molecular flexibility index (Phi) is 15.4. The molecule has 0 bridgehead atoms. The number of ether oxygens (including phenoxy) is 7. The van der Waals surface area contributed by atoms with E-state index in [1.807, 2.05) is 62.3 Å². The van der Waals surface area contributed by atoms with Crippen LogP contribution >= 0.6 is 0 Å². The van der Waals surface area contributed by atoms with Gasteiger partial charge in [0.05, 0.1) is 71.9 Å². The Labute approximate surface area is 358 Å². The lowest BCUT2D eigenvalue weighted by Crippen LogP contribution is -2.46. The molecule has 60 heavy (non-hydrogen) atoms. The molecule has 0 aromatic heterocycles. The Morgan fingerprint density at radius 2 is 1.58 bits per heavy atom. The van der Waals surface area contributed by atoms with E-state index in [9.17, 15) is 22.8 Å². The van der Waals surface area contributed by atoms with Crippen LogP contribution in [0.2, 0.25) is 0 Å². The minimum Gasteiger partial charge on any atom is -0.465 e. The van der Waals surface area contributed by atoms with E-state index in [1.54, 1.807) is 36.3 Å². The molecule has 4 aliphatic rings. The summed E-state index contributed by atoms with van der Waals surface area (Å²) >= 11 is 0. The Morgan fingerprint density at radius 3 is 2.22 bits per heavy atom. The lowest BCUT2D eigenvalue weighted by atomic mass is 9.83. The molecule has 4 aliphatic heterocycles. The average molecular weight is 862 g/mol. The van der Waals surface area contributed by atoms with E-state index in [-0.39, 0.29) is 47.1 Å². The van der Waals surface area contributed by atoms with Crippen molar-refractivity contribution in [2.24, 2.45) is 17.3 Å². The molecule has 0 radical (unpaired) electrons. The van der Waals surface area contributed by atoms with Crippen molar-refractivity contribution in [3.05, 3.63) is 42.0 Å². The molecule has 0 saturated carbocycles. The molecule has 13 nitrogen and oxygen atoms in total. The standard InChI is InChI=1S/C46H71NO12S/c1-28-15-18-34(19-16-28)60(51,52)27-35-39(57-40(41(35)53-12)24-33-26-47(46(10,11)58-33)43(50)59-45(7,8)9)25-38-30(3)29(2)22-32(56-38)17-20-37-36(48)23-31(55-37)14-13-21-54-42(49)44(4,5)6/h15-16,18-19,29,31-33,35,37-41H,3,13-14,17,20-27H2,1-2,4-12H3/t29-,31+,32+,33+,35+,37+,38-,39+,40-,41-/m1/s1. The van der Waals surface area contributed by atoms with Gasteiger partial charge in [-0.05, 0) is 118 Å². The third-order valence-electron chi connectivity index (χ3n) is 12.2. The number of ketones is 1. The van der Waals surface area contributed by atoms with Crippen molar-refractivity contribution in [2.75, 3.05) is 26.0 Å². The monoisotopic (exact) mass is 861 g/mol. The minimum atomic E-state index is -3.76. The Hall–Kier alpha value is -2.88. The molecular formula is C46H71NO12S. The van der Waals surface area contributed by atoms with Gasteiger partial charge >= 0.3 is 12.1 Å². The largest absolute Gasteiger partial charge is 0.465 e. The van der Waals surface area contributed by atoms with Gasteiger partial charge in [-0.1, -0.05) is 31.2 Å². The van der Waals surface area contributed by atoms with Crippen LogP contribution in [-0.2, 0) is 52.6 Å². The van der Waals surface area contributed by atoms with E-state index in [2.05, 4.69) is 13.5 Å². The third-order valence-corrected chi connectivity index (χ3v) is 14.0. The molecule has 1 aromatic carbocycles. The van der Waals surface area contributed by atoms with E-state index in [1.165, 1.54) is 0 Å². The van der Waals surface area contributed by atoms with Crippen molar-refractivity contribution in [2.45, 2.75) is 186 Å². The van der Waals surface area contributed by atoms with Crippen LogP contribution in [0.5, 0.6) is 0 Å². The molecule has 0 N–H and O–H groups in total. The van der Waals surface area contributed by atoms with E-state index in [4.69, 9.17) is 33.2 Å². The molecule has 0 unspecified atom stereocenters.